The van der Waals surface area contributed by atoms with Crippen molar-refractivity contribution in [1.82, 2.24) is 19.7 Å². The van der Waals surface area contributed by atoms with Crippen LogP contribution in [0.1, 0.15) is 29.3 Å². The molecule has 0 amide bonds. The third kappa shape index (κ3) is 6.14. The zero-order chi connectivity index (χ0) is 25.8. The molecule has 5 rings (SSSR count). The molecular weight excluding hydrogens is 507 g/mol. The van der Waals surface area contributed by atoms with Crippen LogP contribution in [0, 0.1) is 6.92 Å². The zero-order valence-corrected chi connectivity index (χ0v) is 20.6. The second kappa shape index (κ2) is 12.6. The first-order chi connectivity index (χ1) is 18.0. The molecule has 1 N–H and O–H groups in total. The molecule has 2 aromatic heterocycles. The van der Waals surface area contributed by atoms with Gasteiger partial charge in [0.1, 0.15) is 0 Å². The summed E-state index contributed by atoms with van der Waals surface area (Å²) in [5.41, 5.74) is 5.79. The van der Waals surface area contributed by atoms with E-state index >= 15 is 0 Å². The Labute approximate surface area is 262 Å². The monoisotopic (exact) mass is 534 g/mol. The van der Waals surface area contributed by atoms with Gasteiger partial charge in [-0.15, -0.1) is 0 Å². The summed E-state index contributed by atoms with van der Waals surface area (Å²) in [6.07, 6.45) is 0.505. The molecule has 38 heavy (non-hydrogen) atoms. The Bertz CT molecular complexity index is 1640. The van der Waals surface area contributed by atoms with Crippen molar-refractivity contribution in [3.8, 4) is 28.5 Å². The van der Waals surface area contributed by atoms with Crippen LogP contribution in [0.5, 0.6) is 6.01 Å². The predicted octanol–water partition coefficient (Wildman–Crippen LogP) is 3.95. The van der Waals surface area contributed by atoms with E-state index in [-0.39, 0.29) is 56.9 Å². The van der Waals surface area contributed by atoms with E-state index in [1.807, 2.05) is 92.7 Å². The summed E-state index contributed by atoms with van der Waals surface area (Å²) in [7, 11) is 0. The average molecular weight is 535 g/mol. The maximum atomic E-state index is 13.6. The summed E-state index contributed by atoms with van der Waals surface area (Å²) in [6, 6.07) is 25.7. The molecular formula is C29H27KN4O4. The van der Waals surface area contributed by atoms with E-state index in [0.717, 1.165) is 27.8 Å². The fraction of sp³-hybridized carbons (Fsp3) is 0.172. The second-order valence-corrected chi connectivity index (χ2v) is 8.63. The van der Waals surface area contributed by atoms with Crippen LogP contribution in [-0.2, 0) is 13.0 Å². The molecule has 0 unspecified atom stereocenters. The molecule has 9 heteroatoms. The van der Waals surface area contributed by atoms with Gasteiger partial charge < -0.3 is 4.74 Å². The first-order valence-electron chi connectivity index (χ1n) is 12.0. The van der Waals surface area contributed by atoms with Gasteiger partial charge in [0.25, 0.3) is 11.6 Å². The molecule has 0 bridgehead atoms. The van der Waals surface area contributed by atoms with Gasteiger partial charge in [0.05, 0.1) is 18.8 Å². The average Bonchev–Trinajstić information content (AvgIpc) is 3.36. The number of hydrogen-bond donors (Lipinski definition) is 1. The topological polar surface area (TPSA) is 103 Å². The Kier molecular flexibility index (Phi) is 9.29. The molecule has 0 atom stereocenters. The molecule has 3 aromatic carbocycles. The first kappa shape index (κ1) is 27.9. The van der Waals surface area contributed by atoms with Crippen LogP contribution in [-0.4, -0.2) is 77.7 Å². The first-order valence-corrected chi connectivity index (χ1v) is 12.0. The molecule has 0 spiro atoms. The van der Waals surface area contributed by atoms with Crippen molar-refractivity contribution in [2.75, 3.05) is 6.61 Å². The molecule has 0 saturated heterocycles. The van der Waals surface area contributed by atoms with Crippen LogP contribution >= 0.6 is 0 Å². The summed E-state index contributed by atoms with van der Waals surface area (Å²) in [5.74, 6) is -0.233. The molecule has 0 aliphatic carbocycles. The van der Waals surface area contributed by atoms with E-state index in [1.165, 1.54) is 0 Å². The van der Waals surface area contributed by atoms with Crippen LogP contribution in [0.3, 0.4) is 0 Å². The van der Waals surface area contributed by atoms with Crippen molar-refractivity contribution in [3.05, 3.63) is 122 Å². The van der Waals surface area contributed by atoms with E-state index in [9.17, 15) is 9.59 Å². The third-order valence-corrected chi connectivity index (χ3v) is 6.16. The normalized spacial score (nSPS) is 10.7. The molecule has 0 aliphatic rings. The van der Waals surface area contributed by atoms with Gasteiger partial charge in [-0.3, -0.25) is 18.9 Å². The SMILES string of the molecule is CCOc1nc(C)c(Cc2ccccc2)c(=O)n1Cc1ccc(-c2ccccc2-c2noc(=O)[nH]2)cc1.[KH]. The Morgan fingerprint density at radius 2 is 1.58 bits per heavy atom. The molecule has 5 aromatic rings. The number of aromatic nitrogens is 4. The zero-order valence-electron chi connectivity index (χ0n) is 20.6. The van der Waals surface area contributed by atoms with Crippen LogP contribution in [0.2, 0.25) is 0 Å². The molecule has 8 nitrogen and oxygen atoms in total. The van der Waals surface area contributed by atoms with Crippen molar-refractivity contribution >= 4 is 51.4 Å². The molecule has 188 valence electrons. The Balaban J connectivity index is 0.00000336. The number of ether oxygens (including phenoxy) is 1. The molecule has 2 heterocycles. The van der Waals surface area contributed by atoms with E-state index in [1.54, 1.807) is 4.57 Å². The van der Waals surface area contributed by atoms with Gasteiger partial charge >= 0.3 is 57.1 Å². The Morgan fingerprint density at radius 1 is 0.895 bits per heavy atom. The number of aromatic amines is 1. The predicted molar refractivity (Wildman–Crippen MR) is 148 cm³/mol. The van der Waals surface area contributed by atoms with Crippen molar-refractivity contribution in [3.63, 3.8) is 0 Å². The quantitative estimate of drug-likeness (QED) is 0.303. The van der Waals surface area contributed by atoms with E-state index in [0.29, 0.717) is 42.7 Å². The summed E-state index contributed by atoms with van der Waals surface area (Å²) in [6.45, 7) is 4.45. The number of benzene rings is 3. The van der Waals surface area contributed by atoms with Crippen molar-refractivity contribution in [1.29, 1.82) is 0 Å². The van der Waals surface area contributed by atoms with Crippen LogP contribution < -0.4 is 16.1 Å². The van der Waals surface area contributed by atoms with E-state index in [2.05, 4.69) is 19.6 Å². The molecule has 0 saturated carbocycles. The molecule has 0 fully saturated rings. The number of hydrogen-bond acceptors (Lipinski definition) is 6. The fourth-order valence-electron chi connectivity index (χ4n) is 4.32. The fourth-order valence-corrected chi connectivity index (χ4v) is 4.32. The number of aryl methyl sites for hydroxylation is 1. The van der Waals surface area contributed by atoms with Crippen LogP contribution in [0.25, 0.3) is 22.5 Å². The van der Waals surface area contributed by atoms with Gasteiger partial charge in [0, 0.05) is 17.5 Å². The minimum atomic E-state index is -0.603. The van der Waals surface area contributed by atoms with Crippen molar-refractivity contribution < 1.29 is 9.26 Å². The summed E-state index contributed by atoms with van der Waals surface area (Å²) >= 11 is 0. The van der Waals surface area contributed by atoms with Crippen molar-refractivity contribution in [2.24, 2.45) is 0 Å². The summed E-state index contributed by atoms with van der Waals surface area (Å²) < 4.78 is 12.0. The van der Waals surface area contributed by atoms with E-state index < -0.39 is 5.76 Å². The maximum absolute atomic E-state index is 13.6. The standard InChI is InChI=1S/C29H26N4O4.K.H/c1-3-36-28-30-19(2)25(17-20-9-5-4-6-10-20)27(34)33(28)18-21-13-15-22(16-14-21)23-11-7-8-12-24(23)26-31-29(35)37-32-26;;/h4-16H,3,17-18H2,1-2H3,(H,31,32,35);;. The number of nitrogens with one attached hydrogen (secondary N) is 1. The Morgan fingerprint density at radius 3 is 2.24 bits per heavy atom. The van der Waals surface area contributed by atoms with Gasteiger partial charge in [-0.1, -0.05) is 84.0 Å². The van der Waals surface area contributed by atoms with Crippen molar-refractivity contribution in [2.45, 2.75) is 26.8 Å². The number of rotatable bonds is 8. The van der Waals surface area contributed by atoms with Crippen LogP contribution in [0.15, 0.2) is 93.0 Å². The van der Waals surface area contributed by atoms with Gasteiger partial charge in [-0.05, 0) is 36.1 Å². The number of nitrogens with zero attached hydrogens (tertiary/aromatic N) is 3. The Hall–Kier alpha value is -3.08. The minimum absolute atomic E-state index is 0. The second-order valence-electron chi connectivity index (χ2n) is 8.63. The van der Waals surface area contributed by atoms with Crippen LogP contribution in [0.4, 0.5) is 0 Å². The number of H-pyrrole nitrogens is 1. The summed E-state index contributed by atoms with van der Waals surface area (Å²) in [5, 5.41) is 3.83. The molecule has 0 radical (unpaired) electrons. The van der Waals surface area contributed by atoms with Gasteiger partial charge in [0.15, 0.2) is 5.82 Å². The van der Waals surface area contributed by atoms with Gasteiger partial charge in [-0.25, -0.2) is 9.78 Å². The van der Waals surface area contributed by atoms with E-state index in [4.69, 9.17) is 4.74 Å². The van der Waals surface area contributed by atoms with Gasteiger partial charge in [0.2, 0.25) is 0 Å². The third-order valence-electron chi connectivity index (χ3n) is 6.16. The van der Waals surface area contributed by atoms with Gasteiger partial charge in [-0.2, -0.15) is 0 Å². The molecule has 0 aliphatic heterocycles. The summed E-state index contributed by atoms with van der Waals surface area (Å²) in [4.78, 5) is 32.3.